The fourth-order valence-corrected chi connectivity index (χ4v) is 1.84. The molecule has 0 fully saturated rings. The van der Waals surface area contributed by atoms with Gasteiger partial charge in [0.05, 0.1) is 23.8 Å². The van der Waals surface area contributed by atoms with E-state index in [0.717, 1.165) is 5.56 Å². The molecule has 0 aromatic heterocycles. The molecule has 0 spiro atoms. The summed E-state index contributed by atoms with van der Waals surface area (Å²) in [4.78, 5) is 13.4. The van der Waals surface area contributed by atoms with Crippen LogP contribution in [-0.4, -0.2) is 47.3 Å². The van der Waals surface area contributed by atoms with Crippen LogP contribution in [0, 0.1) is 6.92 Å². The van der Waals surface area contributed by atoms with Gasteiger partial charge in [0, 0.05) is 13.1 Å². The van der Waals surface area contributed by atoms with Crippen LogP contribution in [0.5, 0.6) is 0 Å². The number of aliphatic hydroxyl groups is 2. The molecule has 0 unspecified atom stereocenters. The molecule has 94 valence electrons. The summed E-state index contributed by atoms with van der Waals surface area (Å²) in [6, 6.07) is 5.17. The van der Waals surface area contributed by atoms with Crippen molar-refractivity contribution in [3.63, 3.8) is 0 Å². The molecule has 1 aromatic carbocycles. The largest absolute Gasteiger partial charge is 0.395 e. The second kappa shape index (κ2) is 6.59. The summed E-state index contributed by atoms with van der Waals surface area (Å²) in [5.74, 6) is -0.280. The lowest BCUT2D eigenvalue weighted by molar-refractivity contribution is 0.0685. The number of benzene rings is 1. The summed E-state index contributed by atoms with van der Waals surface area (Å²) >= 11 is 6.00. The molecule has 0 atom stereocenters. The molecule has 0 aliphatic rings. The zero-order valence-corrected chi connectivity index (χ0v) is 10.4. The summed E-state index contributed by atoms with van der Waals surface area (Å²) in [5, 5.41) is 18.1. The first-order chi connectivity index (χ1) is 8.10. The molecule has 4 nitrogen and oxygen atoms in total. The third-order valence-electron chi connectivity index (χ3n) is 2.38. The molecule has 0 aliphatic carbocycles. The average Bonchev–Trinajstić information content (AvgIpc) is 2.28. The minimum Gasteiger partial charge on any atom is -0.395 e. The number of nitrogens with zero attached hydrogens (tertiary/aromatic N) is 1. The van der Waals surface area contributed by atoms with Crippen molar-refractivity contribution < 1.29 is 15.0 Å². The zero-order chi connectivity index (χ0) is 12.8. The van der Waals surface area contributed by atoms with E-state index in [4.69, 9.17) is 21.8 Å². The van der Waals surface area contributed by atoms with E-state index in [1.54, 1.807) is 18.2 Å². The summed E-state index contributed by atoms with van der Waals surface area (Å²) < 4.78 is 0. The van der Waals surface area contributed by atoms with Gasteiger partial charge in [-0.2, -0.15) is 0 Å². The van der Waals surface area contributed by atoms with Gasteiger partial charge in [0.15, 0.2) is 0 Å². The van der Waals surface area contributed by atoms with E-state index in [-0.39, 0.29) is 32.2 Å². The van der Waals surface area contributed by atoms with E-state index < -0.39 is 0 Å². The number of rotatable bonds is 5. The van der Waals surface area contributed by atoms with Gasteiger partial charge in [-0.05, 0) is 24.6 Å². The fourth-order valence-electron chi connectivity index (χ4n) is 1.52. The second-order valence-corrected chi connectivity index (χ2v) is 4.13. The van der Waals surface area contributed by atoms with Crippen molar-refractivity contribution in [3.8, 4) is 0 Å². The van der Waals surface area contributed by atoms with Gasteiger partial charge >= 0.3 is 0 Å². The highest BCUT2D eigenvalue weighted by atomic mass is 35.5. The van der Waals surface area contributed by atoms with Gasteiger partial charge in [-0.25, -0.2) is 0 Å². The molecular weight excluding hydrogens is 242 g/mol. The van der Waals surface area contributed by atoms with Gasteiger partial charge in [0.1, 0.15) is 0 Å². The molecule has 0 heterocycles. The van der Waals surface area contributed by atoms with Crippen LogP contribution in [0.4, 0.5) is 0 Å². The van der Waals surface area contributed by atoms with Crippen LogP contribution in [0.2, 0.25) is 5.02 Å². The first-order valence-electron chi connectivity index (χ1n) is 5.37. The van der Waals surface area contributed by atoms with Crippen LogP contribution in [0.25, 0.3) is 0 Å². The minimum atomic E-state index is -0.280. The average molecular weight is 258 g/mol. The Balaban J connectivity index is 2.92. The number of amides is 1. The van der Waals surface area contributed by atoms with Gasteiger partial charge in [-0.1, -0.05) is 17.7 Å². The monoisotopic (exact) mass is 257 g/mol. The van der Waals surface area contributed by atoms with Crippen LogP contribution in [0.1, 0.15) is 15.9 Å². The van der Waals surface area contributed by atoms with E-state index in [1.807, 2.05) is 6.92 Å². The third-order valence-corrected chi connectivity index (χ3v) is 2.69. The SMILES string of the molecule is Cc1ccc(C(=O)N(CCO)CCO)c(Cl)c1. The first-order valence-corrected chi connectivity index (χ1v) is 5.75. The standard InChI is InChI=1S/C12H16ClNO3/c1-9-2-3-10(11(13)8-9)12(17)14(4-6-15)5-7-16/h2-3,8,15-16H,4-7H2,1H3. The first kappa shape index (κ1) is 14.0. The Kier molecular flexibility index (Phi) is 5.41. The molecular formula is C12H16ClNO3. The molecule has 1 aromatic rings. The van der Waals surface area contributed by atoms with E-state index in [1.165, 1.54) is 4.90 Å². The maximum absolute atomic E-state index is 12.1. The van der Waals surface area contributed by atoms with Gasteiger partial charge in [-0.3, -0.25) is 4.79 Å². The molecule has 1 amide bonds. The fraction of sp³-hybridized carbons (Fsp3) is 0.417. The Morgan fingerprint density at radius 1 is 1.29 bits per heavy atom. The lowest BCUT2D eigenvalue weighted by atomic mass is 10.1. The number of carbonyl (C=O) groups is 1. The molecule has 0 bridgehead atoms. The zero-order valence-electron chi connectivity index (χ0n) is 9.69. The highest BCUT2D eigenvalue weighted by Gasteiger charge is 2.17. The number of halogens is 1. The maximum Gasteiger partial charge on any atom is 0.255 e. The second-order valence-electron chi connectivity index (χ2n) is 3.72. The number of aryl methyl sites for hydroxylation is 1. The van der Waals surface area contributed by atoms with Gasteiger partial charge in [0.25, 0.3) is 5.91 Å². The van der Waals surface area contributed by atoms with Crippen molar-refractivity contribution in [2.45, 2.75) is 6.92 Å². The highest BCUT2D eigenvalue weighted by molar-refractivity contribution is 6.33. The van der Waals surface area contributed by atoms with E-state index in [0.29, 0.717) is 10.6 Å². The van der Waals surface area contributed by atoms with Crippen LogP contribution in [0.3, 0.4) is 0 Å². The van der Waals surface area contributed by atoms with Crippen LogP contribution < -0.4 is 0 Å². The normalized spacial score (nSPS) is 10.4. The Morgan fingerprint density at radius 2 is 1.88 bits per heavy atom. The van der Waals surface area contributed by atoms with Gasteiger partial charge < -0.3 is 15.1 Å². The van der Waals surface area contributed by atoms with Gasteiger partial charge in [0.2, 0.25) is 0 Å². The van der Waals surface area contributed by atoms with Crippen molar-refractivity contribution in [1.29, 1.82) is 0 Å². The Hall–Kier alpha value is -1.10. The van der Waals surface area contributed by atoms with Crippen LogP contribution in [-0.2, 0) is 0 Å². The van der Waals surface area contributed by atoms with E-state index >= 15 is 0 Å². The lowest BCUT2D eigenvalue weighted by Crippen LogP contribution is -2.36. The number of hydrogen-bond donors (Lipinski definition) is 2. The minimum absolute atomic E-state index is 0.144. The van der Waals surface area contributed by atoms with Crippen molar-refractivity contribution in [1.82, 2.24) is 4.90 Å². The Bertz CT molecular complexity index is 389. The maximum atomic E-state index is 12.1. The topological polar surface area (TPSA) is 60.8 Å². The molecule has 0 saturated heterocycles. The van der Waals surface area contributed by atoms with Crippen molar-refractivity contribution >= 4 is 17.5 Å². The highest BCUT2D eigenvalue weighted by Crippen LogP contribution is 2.19. The molecule has 17 heavy (non-hydrogen) atoms. The smallest absolute Gasteiger partial charge is 0.255 e. The van der Waals surface area contributed by atoms with Crippen molar-refractivity contribution in [2.24, 2.45) is 0 Å². The molecule has 5 heteroatoms. The van der Waals surface area contributed by atoms with Crippen molar-refractivity contribution in [3.05, 3.63) is 34.3 Å². The quantitative estimate of drug-likeness (QED) is 0.830. The number of aliphatic hydroxyl groups excluding tert-OH is 2. The lowest BCUT2D eigenvalue weighted by Gasteiger charge is -2.21. The molecule has 1 rings (SSSR count). The molecule has 2 N–H and O–H groups in total. The van der Waals surface area contributed by atoms with Crippen LogP contribution in [0.15, 0.2) is 18.2 Å². The molecule has 0 saturated carbocycles. The predicted molar refractivity (Wildman–Crippen MR) is 66.3 cm³/mol. The van der Waals surface area contributed by atoms with Crippen LogP contribution >= 0.6 is 11.6 Å². The predicted octanol–water partition coefficient (Wildman–Crippen LogP) is 1.08. The summed E-state index contributed by atoms with van der Waals surface area (Å²) in [5.41, 5.74) is 1.36. The van der Waals surface area contributed by atoms with E-state index in [9.17, 15) is 4.79 Å². The van der Waals surface area contributed by atoms with Gasteiger partial charge in [-0.15, -0.1) is 0 Å². The third kappa shape index (κ3) is 3.70. The summed E-state index contributed by atoms with van der Waals surface area (Å²) in [6.45, 7) is 1.97. The van der Waals surface area contributed by atoms with Crippen molar-refractivity contribution in [2.75, 3.05) is 26.3 Å². The molecule has 0 aliphatic heterocycles. The van der Waals surface area contributed by atoms with E-state index in [2.05, 4.69) is 0 Å². The molecule has 0 radical (unpaired) electrons. The number of carbonyl (C=O) groups excluding carboxylic acids is 1. The Labute approximate surface area is 105 Å². The number of hydrogen-bond acceptors (Lipinski definition) is 3. The summed E-state index contributed by atoms with van der Waals surface area (Å²) in [7, 11) is 0. The summed E-state index contributed by atoms with van der Waals surface area (Å²) in [6.07, 6.45) is 0. The Morgan fingerprint density at radius 3 is 2.35 bits per heavy atom.